The summed E-state index contributed by atoms with van der Waals surface area (Å²) in [5.74, 6) is -1.55. The molecule has 3 rings (SSSR count). The Labute approximate surface area is 150 Å². The zero-order valence-corrected chi connectivity index (χ0v) is 14.1. The Kier molecular flexibility index (Phi) is 5.01. The maximum absolute atomic E-state index is 13.2. The molecule has 0 aliphatic carbocycles. The monoisotopic (exact) mass is 385 g/mol. The third-order valence-electron chi connectivity index (χ3n) is 3.99. The minimum absolute atomic E-state index is 0.0186. The largest absolute Gasteiger partial charge is 0.477 e. The van der Waals surface area contributed by atoms with Gasteiger partial charge in [0.05, 0.1) is 23.6 Å². The van der Waals surface area contributed by atoms with Crippen LogP contribution in [0, 0.1) is 0 Å². The van der Waals surface area contributed by atoms with Crippen LogP contribution in [-0.2, 0) is 10.9 Å². The second-order valence-corrected chi connectivity index (χ2v) is 6.75. The molecule has 1 aromatic carbocycles. The second-order valence-electron chi connectivity index (χ2n) is 5.66. The fourth-order valence-corrected chi connectivity index (χ4v) is 3.59. The van der Waals surface area contributed by atoms with Crippen LogP contribution in [0.15, 0.2) is 36.4 Å². The summed E-state index contributed by atoms with van der Waals surface area (Å²) >= 11 is 0.836. The Hall–Kier alpha value is -2.39. The number of carboxylic acid groups (broad SMARTS) is 1. The summed E-state index contributed by atoms with van der Waals surface area (Å²) in [7, 11) is 0. The molecule has 1 N–H and O–H groups in total. The smallest absolute Gasteiger partial charge is 0.416 e. The van der Waals surface area contributed by atoms with Gasteiger partial charge in [-0.15, -0.1) is 11.3 Å². The summed E-state index contributed by atoms with van der Waals surface area (Å²) in [6, 6.07) is 7.86. The number of nitrogens with zero attached hydrogens (tertiary/aromatic N) is 1. The predicted molar refractivity (Wildman–Crippen MR) is 87.3 cm³/mol. The van der Waals surface area contributed by atoms with Crippen LogP contribution in [-0.4, -0.2) is 41.6 Å². The van der Waals surface area contributed by atoms with Crippen molar-refractivity contribution in [3.63, 3.8) is 0 Å². The Morgan fingerprint density at radius 1 is 1.15 bits per heavy atom. The SMILES string of the molecule is O=C(O)c1ccc(C(=O)N2CCOC(c3ccccc3C(F)(F)F)C2)s1. The molecule has 2 heterocycles. The topological polar surface area (TPSA) is 66.8 Å². The lowest BCUT2D eigenvalue weighted by molar-refractivity contribution is -0.140. The Balaban J connectivity index is 1.82. The van der Waals surface area contributed by atoms with Gasteiger partial charge in [-0.2, -0.15) is 13.2 Å². The van der Waals surface area contributed by atoms with Crippen molar-refractivity contribution in [2.45, 2.75) is 12.3 Å². The average molecular weight is 385 g/mol. The van der Waals surface area contributed by atoms with Crippen molar-refractivity contribution in [1.82, 2.24) is 4.90 Å². The van der Waals surface area contributed by atoms with Crippen molar-refractivity contribution in [1.29, 1.82) is 0 Å². The Morgan fingerprint density at radius 3 is 2.50 bits per heavy atom. The third kappa shape index (κ3) is 3.73. The average Bonchev–Trinajstić information content (AvgIpc) is 3.11. The molecule has 1 unspecified atom stereocenters. The van der Waals surface area contributed by atoms with E-state index in [0.717, 1.165) is 17.4 Å². The molecule has 0 saturated carbocycles. The molecule has 0 radical (unpaired) electrons. The van der Waals surface area contributed by atoms with Crippen molar-refractivity contribution in [2.24, 2.45) is 0 Å². The number of ether oxygens (including phenoxy) is 1. The van der Waals surface area contributed by atoms with E-state index in [0.29, 0.717) is 0 Å². The quantitative estimate of drug-likeness (QED) is 0.875. The lowest BCUT2D eigenvalue weighted by atomic mass is 10.0. The molecule has 138 valence electrons. The van der Waals surface area contributed by atoms with Crippen molar-refractivity contribution in [3.8, 4) is 0 Å². The number of rotatable bonds is 3. The molecule has 1 fully saturated rings. The number of thiophene rings is 1. The summed E-state index contributed by atoms with van der Waals surface area (Å²) in [4.78, 5) is 25.1. The van der Waals surface area contributed by atoms with Gasteiger partial charge in [0.1, 0.15) is 11.0 Å². The number of hydrogen-bond acceptors (Lipinski definition) is 4. The number of morpholine rings is 1. The molecule has 0 spiro atoms. The van der Waals surface area contributed by atoms with E-state index in [-0.39, 0.29) is 35.0 Å². The number of amides is 1. The van der Waals surface area contributed by atoms with Gasteiger partial charge >= 0.3 is 12.1 Å². The fraction of sp³-hybridized carbons (Fsp3) is 0.294. The third-order valence-corrected chi connectivity index (χ3v) is 5.06. The molecule has 2 aromatic rings. The minimum atomic E-state index is -4.52. The number of carbonyl (C=O) groups excluding carboxylic acids is 1. The molecule has 1 amide bonds. The maximum Gasteiger partial charge on any atom is 0.416 e. The van der Waals surface area contributed by atoms with Crippen LogP contribution in [0.2, 0.25) is 0 Å². The summed E-state index contributed by atoms with van der Waals surface area (Å²) < 4.78 is 45.1. The molecule has 0 bridgehead atoms. The van der Waals surface area contributed by atoms with Crippen LogP contribution in [0.5, 0.6) is 0 Å². The predicted octanol–water partition coefficient (Wildman–Crippen LogP) is 3.68. The van der Waals surface area contributed by atoms with E-state index in [1.807, 2.05) is 0 Å². The molecular weight excluding hydrogens is 371 g/mol. The number of hydrogen-bond donors (Lipinski definition) is 1. The van der Waals surface area contributed by atoms with E-state index in [1.54, 1.807) is 0 Å². The van der Waals surface area contributed by atoms with Crippen molar-refractivity contribution in [3.05, 3.63) is 57.3 Å². The van der Waals surface area contributed by atoms with E-state index >= 15 is 0 Å². The van der Waals surface area contributed by atoms with E-state index in [2.05, 4.69) is 0 Å². The van der Waals surface area contributed by atoms with Crippen LogP contribution in [0.3, 0.4) is 0 Å². The summed E-state index contributed by atoms with van der Waals surface area (Å²) in [6.45, 7) is 0.288. The molecule has 1 aromatic heterocycles. The zero-order chi connectivity index (χ0) is 18.9. The van der Waals surface area contributed by atoms with E-state index in [1.165, 1.54) is 35.2 Å². The molecular formula is C17H14F3NO4S. The van der Waals surface area contributed by atoms with Gasteiger partial charge in [-0.3, -0.25) is 4.79 Å². The summed E-state index contributed by atoms with van der Waals surface area (Å²) in [5.41, 5.74) is -0.807. The van der Waals surface area contributed by atoms with E-state index in [4.69, 9.17) is 9.84 Å². The molecule has 1 aliphatic heterocycles. The van der Waals surface area contributed by atoms with Gasteiger partial charge in [0.2, 0.25) is 0 Å². The standard InChI is InChI=1S/C17H14F3NO4S/c18-17(19,20)11-4-2-1-3-10(11)12-9-21(7-8-25-12)15(22)13-5-6-14(26-13)16(23)24/h1-6,12H,7-9H2,(H,23,24). The molecule has 5 nitrogen and oxygen atoms in total. The number of benzene rings is 1. The van der Waals surface area contributed by atoms with Crippen molar-refractivity contribution >= 4 is 23.2 Å². The highest BCUT2D eigenvalue weighted by atomic mass is 32.1. The van der Waals surface area contributed by atoms with Gasteiger partial charge < -0.3 is 14.7 Å². The molecule has 1 atom stereocenters. The van der Waals surface area contributed by atoms with Crippen LogP contribution < -0.4 is 0 Å². The number of alkyl halides is 3. The van der Waals surface area contributed by atoms with Crippen LogP contribution >= 0.6 is 11.3 Å². The van der Waals surface area contributed by atoms with Gasteiger partial charge in [-0.1, -0.05) is 18.2 Å². The Bertz CT molecular complexity index is 833. The molecule has 26 heavy (non-hydrogen) atoms. The van der Waals surface area contributed by atoms with Gasteiger partial charge in [0.25, 0.3) is 5.91 Å². The highest BCUT2D eigenvalue weighted by Crippen LogP contribution is 2.36. The second kappa shape index (κ2) is 7.08. The highest BCUT2D eigenvalue weighted by Gasteiger charge is 2.37. The van der Waals surface area contributed by atoms with Crippen LogP contribution in [0.1, 0.15) is 36.6 Å². The molecule has 9 heteroatoms. The lowest BCUT2D eigenvalue weighted by Crippen LogP contribution is -2.42. The number of carboxylic acids is 1. The zero-order valence-electron chi connectivity index (χ0n) is 13.3. The fourth-order valence-electron chi connectivity index (χ4n) is 2.78. The van der Waals surface area contributed by atoms with Crippen LogP contribution in [0.25, 0.3) is 0 Å². The van der Waals surface area contributed by atoms with E-state index < -0.39 is 29.7 Å². The van der Waals surface area contributed by atoms with E-state index in [9.17, 15) is 22.8 Å². The minimum Gasteiger partial charge on any atom is -0.477 e. The lowest BCUT2D eigenvalue weighted by Gasteiger charge is -2.34. The van der Waals surface area contributed by atoms with Crippen molar-refractivity contribution < 1.29 is 32.6 Å². The van der Waals surface area contributed by atoms with Gasteiger partial charge in [-0.25, -0.2) is 4.79 Å². The molecule has 1 aliphatic rings. The number of carbonyl (C=O) groups is 2. The highest BCUT2D eigenvalue weighted by molar-refractivity contribution is 7.15. The first-order valence-electron chi connectivity index (χ1n) is 7.67. The first kappa shape index (κ1) is 18.4. The van der Waals surface area contributed by atoms with Gasteiger partial charge in [-0.05, 0) is 23.8 Å². The Morgan fingerprint density at radius 2 is 1.85 bits per heavy atom. The van der Waals surface area contributed by atoms with Crippen molar-refractivity contribution in [2.75, 3.05) is 19.7 Å². The summed E-state index contributed by atoms with van der Waals surface area (Å²) in [6.07, 6.45) is -5.42. The maximum atomic E-state index is 13.2. The van der Waals surface area contributed by atoms with Gasteiger partial charge in [0, 0.05) is 6.54 Å². The molecule has 1 saturated heterocycles. The van der Waals surface area contributed by atoms with Gasteiger partial charge in [0.15, 0.2) is 0 Å². The normalized spacial score (nSPS) is 18.0. The number of aromatic carboxylic acids is 1. The summed E-state index contributed by atoms with van der Waals surface area (Å²) in [5, 5.41) is 8.95. The first-order chi connectivity index (χ1) is 12.3. The number of halogens is 3. The first-order valence-corrected chi connectivity index (χ1v) is 8.49. The van der Waals surface area contributed by atoms with Crippen LogP contribution in [0.4, 0.5) is 13.2 Å².